The number of nitrogens with one attached hydrogen (secondary N) is 1. The topological polar surface area (TPSA) is 109 Å². The quantitative estimate of drug-likeness (QED) is 0.827. The van der Waals surface area contributed by atoms with Gasteiger partial charge in [0.05, 0.1) is 15.5 Å². The summed E-state index contributed by atoms with van der Waals surface area (Å²) in [5.74, 6) is -1.32. The number of nitrogens with zero attached hydrogens (tertiary/aromatic N) is 2. The van der Waals surface area contributed by atoms with Crippen LogP contribution in [0.5, 0.6) is 0 Å². The van der Waals surface area contributed by atoms with Crippen LogP contribution in [0.25, 0.3) is 0 Å². The molecule has 0 saturated heterocycles. The van der Waals surface area contributed by atoms with Gasteiger partial charge < -0.3 is 5.11 Å². The van der Waals surface area contributed by atoms with Crippen molar-refractivity contribution in [3.63, 3.8) is 0 Å². The zero-order valence-corrected chi connectivity index (χ0v) is 13.3. The maximum atomic E-state index is 12.2. The molecule has 0 aliphatic carbocycles. The fourth-order valence-electron chi connectivity index (χ4n) is 1.43. The lowest BCUT2D eigenvalue weighted by atomic mass is 10.2. The Kier molecular flexibility index (Phi) is 4.45. The standard InChI is InChI=1S/C11H7BrClN3O4S/c12-8-5-6(4-7(10(8)13)11(17)18)21(19,20)16-9-2-1-3-14-15-9/h1-5H,(H,15,16)(H,17,18). The van der Waals surface area contributed by atoms with Gasteiger partial charge in [-0.2, -0.15) is 5.10 Å². The number of aromatic nitrogens is 2. The van der Waals surface area contributed by atoms with Gasteiger partial charge in [0.1, 0.15) is 0 Å². The molecule has 2 N–H and O–H groups in total. The molecular formula is C11H7BrClN3O4S. The molecule has 1 aromatic carbocycles. The molecular weight excluding hydrogens is 386 g/mol. The van der Waals surface area contributed by atoms with E-state index in [-0.39, 0.29) is 25.8 Å². The number of halogens is 2. The number of sulfonamides is 1. The van der Waals surface area contributed by atoms with Crippen molar-refractivity contribution >= 4 is 49.3 Å². The highest BCUT2D eigenvalue weighted by molar-refractivity contribution is 9.10. The minimum atomic E-state index is -4.01. The van der Waals surface area contributed by atoms with Crippen LogP contribution >= 0.6 is 27.5 Å². The van der Waals surface area contributed by atoms with E-state index in [1.54, 1.807) is 0 Å². The molecule has 1 aromatic heterocycles. The van der Waals surface area contributed by atoms with Crippen LogP contribution in [0, 0.1) is 0 Å². The summed E-state index contributed by atoms with van der Waals surface area (Å²) in [6, 6.07) is 5.08. The van der Waals surface area contributed by atoms with E-state index >= 15 is 0 Å². The van der Waals surface area contributed by atoms with Gasteiger partial charge in [0.25, 0.3) is 10.0 Å². The Bertz CT molecular complexity index is 799. The predicted octanol–water partition coefficient (Wildman–Crippen LogP) is 2.39. The number of carboxylic acids is 1. The summed E-state index contributed by atoms with van der Waals surface area (Å²) in [5.41, 5.74) is -0.328. The van der Waals surface area contributed by atoms with E-state index in [1.165, 1.54) is 24.4 Å². The van der Waals surface area contributed by atoms with Gasteiger partial charge in [-0.3, -0.25) is 4.72 Å². The Labute approximate surface area is 133 Å². The molecule has 0 saturated carbocycles. The second-order valence-corrected chi connectivity index (χ2v) is 6.70. The van der Waals surface area contributed by atoms with E-state index in [1.807, 2.05) is 0 Å². The van der Waals surface area contributed by atoms with Gasteiger partial charge in [0, 0.05) is 10.7 Å². The van der Waals surface area contributed by atoms with E-state index in [4.69, 9.17) is 16.7 Å². The molecule has 0 spiro atoms. The zero-order chi connectivity index (χ0) is 15.6. The number of carbonyl (C=O) groups is 1. The average molecular weight is 393 g/mol. The van der Waals surface area contributed by atoms with Crippen LogP contribution < -0.4 is 4.72 Å². The largest absolute Gasteiger partial charge is 0.478 e. The van der Waals surface area contributed by atoms with Gasteiger partial charge in [0.15, 0.2) is 5.82 Å². The Balaban J connectivity index is 2.48. The van der Waals surface area contributed by atoms with Crippen LogP contribution in [0.1, 0.15) is 10.4 Å². The molecule has 0 aliphatic heterocycles. The maximum Gasteiger partial charge on any atom is 0.337 e. The highest BCUT2D eigenvalue weighted by atomic mass is 79.9. The van der Waals surface area contributed by atoms with Crippen LogP contribution in [0.4, 0.5) is 5.82 Å². The summed E-state index contributed by atoms with van der Waals surface area (Å²) in [6.07, 6.45) is 1.39. The molecule has 0 atom stereocenters. The molecule has 2 rings (SSSR count). The molecule has 110 valence electrons. The zero-order valence-electron chi connectivity index (χ0n) is 10.1. The monoisotopic (exact) mass is 391 g/mol. The maximum absolute atomic E-state index is 12.2. The first-order valence-corrected chi connectivity index (χ1v) is 7.99. The van der Waals surface area contributed by atoms with Crippen molar-refractivity contribution in [3.8, 4) is 0 Å². The number of benzene rings is 1. The molecule has 1 heterocycles. The van der Waals surface area contributed by atoms with Crippen LogP contribution in [0.2, 0.25) is 5.02 Å². The Morgan fingerprint density at radius 1 is 1.38 bits per heavy atom. The lowest BCUT2D eigenvalue weighted by molar-refractivity contribution is 0.0696. The predicted molar refractivity (Wildman–Crippen MR) is 79.0 cm³/mol. The van der Waals surface area contributed by atoms with Gasteiger partial charge in [-0.15, -0.1) is 5.10 Å². The molecule has 0 amide bonds. The third kappa shape index (κ3) is 3.49. The first kappa shape index (κ1) is 15.7. The van der Waals surface area contributed by atoms with Crippen molar-refractivity contribution in [2.45, 2.75) is 4.90 Å². The van der Waals surface area contributed by atoms with Crippen molar-refractivity contribution in [1.29, 1.82) is 0 Å². The van der Waals surface area contributed by atoms with Crippen LogP contribution in [-0.2, 0) is 10.0 Å². The van der Waals surface area contributed by atoms with Crippen LogP contribution in [-0.4, -0.2) is 29.7 Å². The second-order valence-electron chi connectivity index (χ2n) is 3.79. The first-order valence-electron chi connectivity index (χ1n) is 5.34. The summed E-state index contributed by atoms with van der Waals surface area (Å²) in [6.45, 7) is 0. The van der Waals surface area contributed by atoms with Gasteiger partial charge in [-0.05, 0) is 40.2 Å². The van der Waals surface area contributed by atoms with E-state index < -0.39 is 16.0 Å². The Morgan fingerprint density at radius 2 is 2.10 bits per heavy atom. The average Bonchev–Trinajstić information content (AvgIpc) is 2.41. The minimum absolute atomic E-state index is 0.0143. The molecule has 21 heavy (non-hydrogen) atoms. The van der Waals surface area contributed by atoms with Crippen molar-refractivity contribution in [3.05, 3.63) is 45.5 Å². The van der Waals surface area contributed by atoms with Crippen molar-refractivity contribution in [1.82, 2.24) is 10.2 Å². The highest BCUT2D eigenvalue weighted by Crippen LogP contribution is 2.30. The number of carboxylic acid groups (broad SMARTS) is 1. The first-order chi connectivity index (χ1) is 9.81. The summed E-state index contributed by atoms with van der Waals surface area (Å²) in [5, 5.41) is 16.1. The summed E-state index contributed by atoms with van der Waals surface area (Å²) in [7, 11) is -4.01. The molecule has 0 aliphatic rings. The van der Waals surface area contributed by atoms with Gasteiger partial charge >= 0.3 is 5.97 Å². The lowest BCUT2D eigenvalue weighted by Crippen LogP contribution is -2.15. The van der Waals surface area contributed by atoms with E-state index in [2.05, 4.69) is 30.8 Å². The molecule has 10 heteroatoms. The molecule has 7 nitrogen and oxygen atoms in total. The van der Waals surface area contributed by atoms with Crippen molar-refractivity contribution < 1.29 is 18.3 Å². The Morgan fingerprint density at radius 3 is 2.67 bits per heavy atom. The molecule has 0 radical (unpaired) electrons. The molecule has 0 fully saturated rings. The number of rotatable bonds is 4. The third-order valence-corrected chi connectivity index (χ3v) is 4.95. The second kappa shape index (κ2) is 5.96. The summed E-state index contributed by atoms with van der Waals surface area (Å²) in [4.78, 5) is 10.8. The summed E-state index contributed by atoms with van der Waals surface area (Å²) < 4.78 is 26.8. The number of hydrogen-bond acceptors (Lipinski definition) is 5. The van der Waals surface area contributed by atoms with Crippen molar-refractivity contribution in [2.75, 3.05) is 4.72 Å². The fraction of sp³-hybridized carbons (Fsp3) is 0. The number of hydrogen-bond donors (Lipinski definition) is 2. The van der Waals surface area contributed by atoms with Crippen LogP contribution in [0.15, 0.2) is 39.8 Å². The fourth-order valence-corrected chi connectivity index (χ4v) is 3.28. The SMILES string of the molecule is O=C(O)c1cc(S(=O)(=O)Nc2cccnn2)cc(Br)c1Cl. The van der Waals surface area contributed by atoms with Crippen LogP contribution in [0.3, 0.4) is 0 Å². The van der Waals surface area contributed by atoms with E-state index in [0.29, 0.717) is 0 Å². The lowest BCUT2D eigenvalue weighted by Gasteiger charge is -2.09. The van der Waals surface area contributed by atoms with Gasteiger partial charge in [0.2, 0.25) is 0 Å². The smallest absolute Gasteiger partial charge is 0.337 e. The minimum Gasteiger partial charge on any atom is -0.478 e. The van der Waals surface area contributed by atoms with E-state index in [0.717, 1.165) is 6.07 Å². The normalized spacial score (nSPS) is 11.1. The third-order valence-electron chi connectivity index (χ3n) is 2.35. The number of aromatic carboxylic acids is 1. The molecule has 2 aromatic rings. The van der Waals surface area contributed by atoms with E-state index in [9.17, 15) is 13.2 Å². The molecule has 0 unspecified atom stereocenters. The summed E-state index contributed by atoms with van der Waals surface area (Å²) >= 11 is 8.83. The Hall–Kier alpha value is -1.71. The van der Waals surface area contributed by atoms with Gasteiger partial charge in [-0.1, -0.05) is 11.6 Å². The highest BCUT2D eigenvalue weighted by Gasteiger charge is 2.21. The van der Waals surface area contributed by atoms with Crippen molar-refractivity contribution in [2.24, 2.45) is 0 Å². The number of anilines is 1. The molecule has 0 bridgehead atoms. The van der Waals surface area contributed by atoms with Gasteiger partial charge in [-0.25, -0.2) is 13.2 Å².